The number of unbranched alkanes of at least 4 members (excludes halogenated alkanes) is 5. The molecule has 0 aromatic heterocycles. The van der Waals surface area contributed by atoms with Crippen LogP contribution in [-0.4, -0.2) is 39.6 Å². The van der Waals surface area contributed by atoms with Gasteiger partial charge in [0.05, 0.1) is 39.6 Å². The van der Waals surface area contributed by atoms with Gasteiger partial charge in [-0.2, -0.15) is 0 Å². The quantitative estimate of drug-likeness (QED) is 0.214. The molecule has 0 aliphatic heterocycles. The van der Waals surface area contributed by atoms with Crippen LogP contribution in [0.3, 0.4) is 0 Å². The van der Waals surface area contributed by atoms with Gasteiger partial charge in [-0.3, -0.25) is 0 Å². The van der Waals surface area contributed by atoms with E-state index in [0.717, 1.165) is 19.3 Å². The van der Waals surface area contributed by atoms with Crippen molar-refractivity contribution < 1.29 is 14.2 Å². The number of hydrogen-bond donors (Lipinski definition) is 0. The summed E-state index contributed by atoms with van der Waals surface area (Å²) in [6, 6.07) is 0. The van der Waals surface area contributed by atoms with Crippen molar-refractivity contribution >= 4 is 0 Å². The van der Waals surface area contributed by atoms with E-state index in [-0.39, 0.29) is 5.41 Å². The first-order valence-electron chi connectivity index (χ1n) is 9.41. The zero-order valence-corrected chi connectivity index (χ0v) is 16.1. The van der Waals surface area contributed by atoms with Crippen LogP contribution in [-0.2, 0) is 14.2 Å². The zero-order chi connectivity index (χ0) is 18.6. The molecule has 0 radical (unpaired) electrons. The molecule has 0 unspecified atom stereocenters. The lowest BCUT2D eigenvalue weighted by molar-refractivity contribution is -0.0623. The van der Waals surface area contributed by atoms with Crippen LogP contribution in [0.2, 0.25) is 0 Å². The van der Waals surface area contributed by atoms with Crippen LogP contribution in [0.25, 0.3) is 0 Å². The molecule has 0 rings (SSSR count). The Morgan fingerprint density at radius 1 is 0.560 bits per heavy atom. The van der Waals surface area contributed by atoms with Gasteiger partial charge in [-0.25, -0.2) is 0 Å². The molecule has 0 saturated heterocycles. The second-order valence-corrected chi connectivity index (χ2v) is 6.51. The van der Waals surface area contributed by atoms with E-state index < -0.39 is 0 Å². The number of hydrogen-bond acceptors (Lipinski definition) is 3. The summed E-state index contributed by atoms with van der Waals surface area (Å²) in [5.41, 5.74) is -0.129. The van der Waals surface area contributed by atoms with Crippen LogP contribution in [0.15, 0.2) is 50.6 Å². The van der Waals surface area contributed by atoms with Crippen molar-refractivity contribution in [3.05, 3.63) is 50.6 Å². The summed E-state index contributed by atoms with van der Waals surface area (Å²) in [7, 11) is 0. The molecule has 0 fully saturated rings. The first-order valence-corrected chi connectivity index (χ1v) is 9.41. The van der Waals surface area contributed by atoms with Crippen molar-refractivity contribution in [2.24, 2.45) is 5.41 Å². The Morgan fingerprint density at radius 2 is 1.00 bits per heavy atom. The summed E-state index contributed by atoms with van der Waals surface area (Å²) in [5, 5.41) is 0. The molecule has 0 amide bonds. The highest BCUT2D eigenvalue weighted by molar-refractivity contribution is 4.82. The highest BCUT2D eigenvalue weighted by Crippen LogP contribution is 2.28. The summed E-state index contributed by atoms with van der Waals surface area (Å²) in [4.78, 5) is 0. The summed E-state index contributed by atoms with van der Waals surface area (Å²) in [6.45, 7) is 18.4. The predicted molar refractivity (Wildman–Crippen MR) is 108 cm³/mol. The zero-order valence-electron chi connectivity index (χ0n) is 16.1. The van der Waals surface area contributed by atoms with E-state index in [9.17, 15) is 0 Å². The maximum Gasteiger partial charge on any atom is 0.0645 e. The van der Waals surface area contributed by atoms with E-state index >= 15 is 0 Å². The van der Waals surface area contributed by atoms with Gasteiger partial charge in [0.15, 0.2) is 0 Å². The van der Waals surface area contributed by atoms with E-state index in [4.69, 9.17) is 14.2 Å². The van der Waals surface area contributed by atoms with Gasteiger partial charge in [-0.05, 0) is 19.3 Å². The largest absolute Gasteiger partial charge is 0.377 e. The lowest BCUT2D eigenvalue weighted by Crippen LogP contribution is -2.37. The van der Waals surface area contributed by atoms with Gasteiger partial charge in [0.25, 0.3) is 0 Å². The highest BCUT2D eigenvalue weighted by atomic mass is 16.5. The topological polar surface area (TPSA) is 27.7 Å². The normalized spacial score (nSPS) is 11.2. The van der Waals surface area contributed by atoms with Crippen molar-refractivity contribution in [1.82, 2.24) is 0 Å². The third-order valence-electron chi connectivity index (χ3n) is 4.05. The van der Waals surface area contributed by atoms with E-state index in [0.29, 0.717) is 39.6 Å². The second-order valence-electron chi connectivity index (χ2n) is 6.51. The summed E-state index contributed by atoms with van der Waals surface area (Å²) < 4.78 is 17.3. The summed E-state index contributed by atoms with van der Waals surface area (Å²) >= 11 is 0. The standard InChI is InChI=1S/C22H38O3/c1-5-9-10-11-12-13-14-15-22(19-23-16-6-2,20-24-17-7-3)21-25-18-8-4/h5-8H,1-4,9-21H2. The first kappa shape index (κ1) is 23.8. The van der Waals surface area contributed by atoms with Gasteiger partial charge >= 0.3 is 0 Å². The average molecular weight is 351 g/mol. The molecule has 0 bridgehead atoms. The molecule has 0 spiro atoms. The maximum atomic E-state index is 5.78. The van der Waals surface area contributed by atoms with E-state index in [2.05, 4.69) is 26.3 Å². The Morgan fingerprint density at radius 3 is 1.44 bits per heavy atom. The van der Waals surface area contributed by atoms with Crippen molar-refractivity contribution in [1.29, 1.82) is 0 Å². The van der Waals surface area contributed by atoms with Gasteiger partial charge in [0, 0.05) is 5.41 Å². The van der Waals surface area contributed by atoms with Crippen LogP contribution >= 0.6 is 0 Å². The van der Waals surface area contributed by atoms with Crippen LogP contribution in [0, 0.1) is 5.41 Å². The molecule has 3 heteroatoms. The van der Waals surface area contributed by atoms with E-state index in [1.165, 1.54) is 25.7 Å². The molecule has 25 heavy (non-hydrogen) atoms. The average Bonchev–Trinajstić information content (AvgIpc) is 2.61. The van der Waals surface area contributed by atoms with Crippen LogP contribution in [0.4, 0.5) is 0 Å². The van der Waals surface area contributed by atoms with Crippen molar-refractivity contribution in [2.75, 3.05) is 39.6 Å². The second kappa shape index (κ2) is 17.7. The third-order valence-corrected chi connectivity index (χ3v) is 4.05. The molecule has 0 aromatic rings. The van der Waals surface area contributed by atoms with E-state index in [1.54, 1.807) is 18.2 Å². The minimum Gasteiger partial charge on any atom is -0.377 e. The minimum atomic E-state index is -0.129. The van der Waals surface area contributed by atoms with Gasteiger partial charge in [0.1, 0.15) is 0 Å². The molecule has 0 aromatic carbocycles. The SMILES string of the molecule is C=CCCCCCCCC(COCC=C)(COCC=C)COCC=C. The smallest absolute Gasteiger partial charge is 0.0645 e. The molecule has 0 heterocycles. The lowest BCUT2D eigenvalue weighted by atomic mass is 9.84. The molecule has 0 aliphatic carbocycles. The Labute approximate surface area is 155 Å². The van der Waals surface area contributed by atoms with Crippen molar-refractivity contribution in [2.45, 2.75) is 44.9 Å². The molecular formula is C22H38O3. The maximum absolute atomic E-state index is 5.78. The van der Waals surface area contributed by atoms with Crippen LogP contribution in [0.5, 0.6) is 0 Å². The molecule has 0 aliphatic rings. The van der Waals surface area contributed by atoms with E-state index in [1.807, 2.05) is 6.08 Å². The summed E-state index contributed by atoms with van der Waals surface area (Å²) in [5.74, 6) is 0. The van der Waals surface area contributed by atoms with Crippen LogP contribution in [0.1, 0.15) is 44.9 Å². The Kier molecular flexibility index (Phi) is 16.8. The van der Waals surface area contributed by atoms with Crippen molar-refractivity contribution in [3.63, 3.8) is 0 Å². The number of allylic oxidation sites excluding steroid dienone is 1. The monoisotopic (exact) mass is 350 g/mol. The fourth-order valence-electron chi connectivity index (χ4n) is 2.74. The molecule has 3 nitrogen and oxygen atoms in total. The Balaban J connectivity index is 4.52. The molecule has 0 saturated carbocycles. The third kappa shape index (κ3) is 13.8. The van der Waals surface area contributed by atoms with Gasteiger partial charge < -0.3 is 14.2 Å². The summed E-state index contributed by atoms with van der Waals surface area (Å²) in [6.07, 6.45) is 15.6. The van der Waals surface area contributed by atoms with Gasteiger partial charge in [-0.1, -0.05) is 50.0 Å². The predicted octanol–water partition coefficient (Wildman–Crippen LogP) is 5.50. The molecule has 144 valence electrons. The van der Waals surface area contributed by atoms with Crippen LogP contribution < -0.4 is 0 Å². The Bertz CT molecular complexity index is 313. The van der Waals surface area contributed by atoms with Gasteiger partial charge in [-0.15, -0.1) is 26.3 Å². The van der Waals surface area contributed by atoms with Crippen molar-refractivity contribution in [3.8, 4) is 0 Å². The fraction of sp³-hybridized carbons (Fsp3) is 0.636. The highest BCUT2D eigenvalue weighted by Gasteiger charge is 2.31. The van der Waals surface area contributed by atoms with Gasteiger partial charge in [0.2, 0.25) is 0 Å². The first-order chi connectivity index (χ1) is 12.2. The molecular weight excluding hydrogens is 312 g/mol. The Hall–Kier alpha value is -1.16. The molecule has 0 atom stereocenters. The minimum absolute atomic E-state index is 0.129. The fourth-order valence-corrected chi connectivity index (χ4v) is 2.74. The lowest BCUT2D eigenvalue weighted by Gasteiger charge is -2.33. The molecule has 0 N–H and O–H groups in total. The number of rotatable bonds is 20. The number of ether oxygens (including phenoxy) is 3.